The summed E-state index contributed by atoms with van der Waals surface area (Å²) < 4.78 is 12.9. The number of hydrogen-bond donors (Lipinski definition) is 1. The molecule has 18 heavy (non-hydrogen) atoms. The molecule has 0 atom stereocenters. The first kappa shape index (κ1) is 12.5. The van der Waals surface area contributed by atoms with Crippen LogP contribution in [0.2, 0.25) is 0 Å². The molecule has 0 aliphatic carbocycles. The van der Waals surface area contributed by atoms with Gasteiger partial charge in [-0.2, -0.15) is 5.10 Å². The summed E-state index contributed by atoms with van der Waals surface area (Å²) in [5.74, 6) is 0.578. The number of hydrogen-bond acceptors (Lipinski definition) is 3. The van der Waals surface area contributed by atoms with Gasteiger partial charge in [0.05, 0.1) is 5.69 Å². The van der Waals surface area contributed by atoms with E-state index in [0.717, 1.165) is 35.6 Å². The van der Waals surface area contributed by atoms with Gasteiger partial charge in [0.25, 0.3) is 0 Å². The SMILES string of the molecule is Cc1ccc(NCCc2ccc(F)cc2C)nn1. The molecule has 0 unspecified atom stereocenters. The Labute approximate surface area is 106 Å². The standard InChI is InChI=1S/C14H16FN3/c1-10-9-13(15)5-4-12(10)7-8-16-14-6-3-11(2)17-18-14/h3-6,9H,7-8H2,1-2H3,(H,16,18). The Morgan fingerprint density at radius 1 is 1.11 bits per heavy atom. The molecule has 0 saturated heterocycles. The summed E-state index contributed by atoms with van der Waals surface area (Å²) in [6.45, 7) is 4.58. The zero-order valence-electron chi connectivity index (χ0n) is 10.6. The topological polar surface area (TPSA) is 37.8 Å². The van der Waals surface area contributed by atoms with Gasteiger partial charge in [-0.3, -0.25) is 0 Å². The molecule has 1 N–H and O–H groups in total. The molecule has 2 rings (SSSR count). The summed E-state index contributed by atoms with van der Waals surface area (Å²) in [6, 6.07) is 8.69. The first-order chi connectivity index (χ1) is 8.65. The third kappa shape index (κ3) is 3.26. The minimum Gasteiger partial charge on any atom is -0.368 e. The minimum absolute atomic E-state index is 0.186. The number of rotatable bonds is 4. The van der Waals surface area contributed by atoms with Crippen molar-refractivity contribution in [2.75, 3.05) is 11.9 Å². The van der Waals surface area contributed by atoms with Crippen molar-refractivity contribution in [3.63, 3.8) is 0 Å². The van der Waals surface area contributed by atoms with Gasteiger partial charge in [0, 0.05) is 6.54 Å². The second-order valence-electron chi connectivity index (χ2n) is 4.31. The van der Waals surface area contributed by atoms with Crippen molar-refractivity contribution in [3.8, 4) is 0 Å². The molecule has 0 saturated carbocycles. The maximum absolute atomic E-state index is 12.9. The molecular weight excluding hydrogens is 229 g/mol. The first-order valence-electron chi connectivity index (χ1n) is 5.94. The van der Waals surface area contributed by atoms with Gasteiger partial charge in [-0.15, -0.1) is 5.10 Å². The van der Waals surface area contributed by atoms with E-state index in [1.807, 2.05) is 32.0 Å². The maximum Gasteiger partial charge on any atom is 0.148 e. The summed E-state index contributed by atoms with van der Waals surface area (Å²) in [6.07, 6.45) is 0.835. The minimum atomic E-state index is -0.186. The van der Waals surface area contributed by atoms with Crippen LogP contribution in [0.1, 0.15) is 16.8 Å². The molecule has 0 amide bonds. The second-order valence-corrected chi connectivity index (χ2v) is 4.31. The van der Waals surface area contributed by atoms with Gasteiger partial charge in [0.1, 0.15) is 11.6 Å². The Bertz CT molecular complexity index is 523. The van der Waals surface area contributed by atoms with E-state index in [1.165, 1.54) is 6.07 Å². The van der Waals surface area contributed by atoms with Crippen LogP contribution < -0.4 is 5.32 Å². The Morgan fingerprint density at radius 3 is 2.61 bits per heavy atom. The summed E-state index contributed by atoms with van der Waals surface area (Å²) >= 11 is 0. The Kier molecular flexibility index (Phi) is 3.87. The van der Waals surface area contributed by atoms with E-state index < -0.39 is 0 Å². The molecule has 1 aromatic carbocycles. The molecular formula is C14H16FN3. The van der Waals surface area contributed by atoms with Gasteiger partial charge in [-0.05, 0) is 55.7 Å². The highest BCUT2D eigenvalue weighted by atomic mass is 19.1. The van der Waals surface area contributed by atoms with Crippen molar-refractivity contribution in [2.24, 2.45) is 0 Å². The van der Waals surface area contributed by atoms with Gasteiger partial charge in [-0.1, -0.05) is 6.07 Å². The van der Waals surface area contributed by atoms with Crippen molar-refractivity contribution in [1.82, 2.24) is 10.2 Å². The molecule has 3 nitrogen and oxygen atoms in total. The smallest absolute Gasteiger partial charge is 0.148 e. The highest BCUT2D eigenvalue weighted by Crippen LogP contribution is 2.11. The van der Waals surface area contributed by atoms with Gasteiger partial charge >= 0.3 is 0 Å². The van der Waals surface area contributed by atoms with Gasteiger partial charge in [0.2, 0.25) is 0 Å². The lowest BCUT2D eigenvalue weighted by Crippen LogP contribution is -2.08. The molecule has 0 aliphatic heterocycles. The number of aromatic nitrogens is 2. The van der Waals surface area contributed by atoms with Crippen molar-refractivity contribution in [2.45, 2.75) is 20.3 Å². The van der Waals surface area contributed by atoms with E-state index in [0.29, 0.717) is 0 Å². The van der Waals surface area contributed by atoms with Crippen LogP contribution in [0.15, 0.2) is 30.3 Å². The molecule has 2 aromatic rings. The summed E-state index contributed by atoms with van der Waals surface area (Å²) in [5.41, 5.74) is 3.02. The predicted molar refractivity (Wildman–Crippen MR) is 70.1 cm³/mol. The first-order valence-corrected chi connectivity index (χ1v) is 5.94. The maximum atomic E-state index is 12.9. The lowest BCUT2D eigenvalue weighted by molar-refractivity contribution is 0.625. The number of nitrogens with zero attached hydrogens (tertiary/aromatic N) is 2. The molecule has 0 aliphatic rings. The van der Waals surface area contributed by atoms with Crippen LogP contribution >= 0.6 is 0 Å². The van der Waals surface area contributed by atoms with Gasteiger partial charge in [0.15, 0.2) is 0 Å². The third-order valence-electron chi connectivity index (χ3n) is 2.80. The number of aryl methyl sites for hydroxylation is 2. The average molecular weight is 245 g/mol. The lowest BCUT2D eigenvalue weighted by atomic mass is 10.1. The largest absolute Gasteiger partial charge is 0.368 e. The molecule has 4 heteroatoms. The fourth-order valence-electron chi connectivity index (χ4n) is 1.76. The van der Waals surface area contributed by atoms with Crippen LogP contribution in [0.3, 0.4) is 0 Å². The van der Waals surface area contributed by atoms with Crippen LogP contribution in [0.5, 0.6) is 0 Å². The summed E-state index contributed by atoms with van der Waals surface area (Å²) in [4.78, 5) is 0. The van der Waals surface area contributed by atoms with Crippen molar-refractivity contribution in [1.29, 1.82) is 0 Å². The number of benzene rings is 1. The molecule has 0 bridgehead atoms. The Balaban J connectivity index is 1.90. The van der Waals surface area contributed by atoms with E-state index in [-0.39, 0.29) is 5.82 Å². The number of halogens is 1. The van der Waals surface area contributed by atoms with E-state index in [9.17, 15) is 4.39 Å². The van der Waals surface area contributed by atoms with E-state index in [2.05, 4.69) is 15.5 Å². The number of nitrogens with one attached hydrogen (secondary N) is 1. The monoisotopic (exact) mass is 245 g/mol. The highest BCUT2D eigenvalue weighted by Gasteiger charge is 2.00. The number of anilines is 1. The molecule has 0 fully saturated rings. The average Bonchev–Trinajstić information content (AvgIpc) is 2.34. The third-order valence-corrected chi connectivity index (χ3v) is 2.80. The van der Waals surface area contributed by atoms with Crippen molar-refractivity contribution >= 4 is 5.82 Å². The lowest BCUT2D eigenvalue weighted by Gasteiger charge is -2.07. The van der Waals surface area contributed by atoms with Crippen LogP contribution in [0, 0.1) is 19.7 Å². The summed E-state index contributed by atoms with van der Waals surface area (Å²) in [5, 5.41) is 11.2. The molecule has 1 aromatic heterocycles. The van der Waals surface area contributed by atoms with Crippen LogP contribution in [0.25, 0.3) is 0 Å². The van der Waals surface area contributed by atoms with E-state index in [1.54, 1.807) is 6.07 Å². The fraction of sp³-hybridized carbons (Fsp3) is 0.286. The Morgan fingerprint density at radius 2 is 1.94 bits per heavy atom. The fourth-order valence-corrected chi connectivity index (χ4v) is 1.76. The summed E-state index contributed by atoms with van der Waals surface area (Å²) in [7, 11) is 0. The van der Waals surface area contributed by atoms with Crippen LogP contribution in [0.4, 0.5) is 10.2 Å². The quantitative estimate of drug-likeness (QED) is 0.900. The molecule has 1 heterocycles. The van der Waals surface area contributed by atoms with Crippen LogP contribution in [-0.2, 0) is 6.42 Å². The highest BCUT2D eigenvalue weighted by molar-refractivity contribution is 5.34. The van der Waals surface area contributed by atoms with Gasteiger partial charge < -0.3 is 5.32 Å². The Hall–Kier alpha value is -1.97. The van der Waals surface area contributed by atoms with Crippen molar-refractivity contribution < 1.29 is 4.39 Å². The molecule has 0 radical (unpaired) electrons. The van der Waals surface area contributed by atoms with E-state index >= 15 is 0 Å². The normalized spacial score (nSPS) is 10.4. The zero-order chi connectivity index (χ0) is 13.0. The van der Waals surface area contributed by atoms with Gasteiger partial charge in [-0.25, -0.2) is 4.39 Å². The van der Waals surface area contributed by atoms with Crippen LogP contribution in [-0.4, -0.2) is 16.7 Å². The molecule has 0 spiro atoms. The van der Waals surface area contributed by atoms with E-state index in [4.69, 9.17) is 0 Å². The zero-order valence-corrected chi connectivity index (χ0v) is 10.6. The predicted octanol–water partition coefficient (Wildman–Crippen LogP) is 2.89. The molecule has 94 valence electrons. The van der Waals surface area contributed by atoms with Crippen molar-refractivity contribution in [3.05, 3.63) is 53.0 Å². The second kappa shape index (κ2) is 5.58.